The van der Waals surface area contributed by atoms with Crippen molar-refractivity contribution in [2.24, 2.45) is 11.1 Å². The summed E-state index contributed by atoms with van der Waals surface area (Å²) in [4.78, 5) is 15.2. The Morgan fingerprint density at radius 3 is 2.72 bits per heavy atom. The first kappa shape index (κ1) is 15.5. The Bertz CT molecular complexity index is 430. The van der Waals surface area contributed by atoms with Crippen LogP contribution >= 0.6 is 23.7 Å². The van der Waals surface area contributed by atoms with E-state index in [0.717, 1.165) is 30.0 Å². The zero-order valence-electron chi connectivity index (χ0n) is 11.1. The fourth-order valence-electron chi connectivity index (χ4n) is 2.28. The van der Waals surface area contributed by atoms with Crippen LogP contribution in [0.2, 0.25) is 0 Å². The van der Waals surface area contributed by atoms with Gasteiger partial charge in [0.2, 0.25) is 0 Å². The normalized spacial score (nSPS) is 22.4. The highest BCUT2D eigenvalue weighted by Crippen LogP contribution is 2.29. The summed E-state index contributed by atoms with van der Waals surface area (Å²) < 4.78 is 0. The molecule has 0 radical (unpaired) electrons. The number of hydrogen-bond acceptors (Lipinski definition) is 3. The summed E-state index contributed by atoms with van der Waals surface area (Å²) in [6.45, 7) is 7.80. The van der Waals surface area contributed by atoms with Crippen LogP contribution in [0.25, 0.3) is 0 Å². The van der Waals surface area contributed by atoms with Crippen LogP contribution in [0.3, 0.4) is 0 Å². The summed E-state index contributed by atoms with van der Waals surface area (Å²) >= 11 is 1.53. The van der Waals surface area contributed by atoms with Gasteiger partial charge in [-0.3, -0.25) is 4.79 Å². The Morgan fingerprint density at radius 2 is 2.22 bits per heavy atom. The van der Waals surface area contributed by atoms with Crippen molar-refractivity contribution in [3.63, 3.8) is 0 Å². The molecule has 0 saturated carbocycles. The second-order valence-electron chi connectivity index (χ2n) is 5.54. The minimum absolute atomic E-state index is 0. The third-order valence-corrected chi connectivity index (χ3v) is 4.66. The van der Waals surface area contributed by atoms with Crippen LogP contribution in [0.15, 0.2) is 11.4 Å². The summed E-state index contributed by atoms with van der Waals surface area (Å²) in [6.07, 6.45) is 0.892. The number of thiophene rings is 1. The van der Waals surface area contributed by atoms with Crippen LogP contribution in [0, 0.1) is 12.3 Å². The minimum atomic E-state index is 0. The summed E-state index contributed by atoms with van der Waals surface area (Å²) in [5.41, 5.74) is 7.18. The van der Waals surface area contributed by atoms with E-state index in [1.54, 1.807) is 0 Å². The standard InChI is InChI=1S/C13H20N2OS.ClH/c1-9-5-7-17-11(9)12(16)15-6-4-10(14)13(2,3)8-15;/h5,7,10H,4,6,8,14H2,1-3H3;1H. The number of piperidine rings is 1. The molecule has 1 saturated heterocycles. The van der Waals surface area contributed by atoms with E-state index >= 15 is 0 Å². The molecule has 1 aromatic rings. The second kappa shape index (κ2) is 5.59. The predicted molar refractivity (Wildman–Crippen MR) is 78.6 cm³/mol. The van der Waals surface area contributed by atoms with Gasteiger partial charge in [-0.15, -0.1) is 23.7 Å². The maximum Gasteiger partial charge on any atom is 0.264 e. The molecule has 1 fully saturated rings. The van der Waals surface area contributed by atoms with Gasteiger partial charge in [-0.05, 0) is 35.8 Å². The molecule has 5 heteroatoms. The van der Waals surface area contributed by atoms with Crippen molar-refractivity contribution in [2.75, 3.05) is 13.1 Å². The summed E-state index contributed by atoms with van der Waals surface area (Å²) in [5, 5.41) is 1.98. The quantitative estimate of drug-likeness (QED) is 0.864. The van der Waals surface area contributed by atoms with Gasteiger partial charge < -0.3 is 10.6 Å². The van der Waals surface area contributed by atoms with Crippen molar-refractivity contribution in [3.8, 4) is 0 Å². The van der Waals surface area contributed by atoms with E-state index in [0.29, 0.717) is 0 Å². The SMILES string of the molecule is Cc1ccsc1C(=O)N1CCC(N)C(C)(C)C1.Cl. The third-order valence-electron chi connectivity index (χ3n) is 3.66. The lowest BCUT2D eigenvalue weighted by molar-refractivity contribution is 0.0537. The molecule has 2 rings (SSSR count). The number of likely N-dealkylation sites (tertiary alicyclic amines) is 1. The van der Waals surface area contributed by atoms with Crippen molar-refractivity contribution in [2.45, 2.75) is 33.2 Å². The smallest absolute Gasteiger partial charge is 0.264 e. The highest BCUT2D eigenvalue weighted by atomic mass is 35.5. The van der Waals surface area contributed by atoms with Crippen LogP contribution in [-0.2, 0) is 0 Å². The molecular weight excluding hydrogens is 268 g/mol. The predicted octanol–water partition coefficient (Wildman–Crippen LogP) is 2.68. The molecule has 2 N–H and O–H groups in total. The van der Waals surface area contributed by atoms with Crippen molar-refractivity contribution in [1.82, 2.24) is 4.90 Å². The molecule has 0 spiro atoms. The van der Waals surface area contributed by atoms with Gasteiger partial charge in [-0.2, -0.15) is 0 Å². The molecule has 2 heterocycles. The van der Waals surface area contributed by atoms with Crippen LogP contribution < -0.4 is 5.73 Å². The lowest BCUT2D eigenvalue weighted by Crippen LogP contribution is -2.53. The topological polar surface area (TPSA) is 46.3 Å². The first-order valence-electron chi connectivity index (χ1n) is 6.01. The number of carbonyl (C=O) groups excluding carboxylic acids is 1. The lowest BCUT2D eigenvalue weighted by atomic mass is 9.79. The van der Waals surface area contributed by atoms with Gasteiger partial charge in [0.1, 0.15) is 0 Å². The summed E-state index contributed by atoms with van der Waals surface area (Å²) in [5.74, 6) is 0.164. The maximum absolute atomic E-state index is 12.4. The number of rotatable bonds is 1. The Hall–Kier alpha value is -0.580. The van der Waals surface area contributed by atoms with Gasteiger partial charge in [-0.1, -0.05) is 13.8 Å². The fraction of sp³-hybridized carbons (Fsp3) is 0.615. The molecular formula is C13H21ClN2OS. The van der Waals surface area contributed by atoms with E-state index < -0.39 is 0 Å². The number of carbonyl (C=O) groups is 1. The third kappa shape index (κ3) is 2.87. The molecule has 102 valence electrons. The monoisotopic (exact) mass is 288 g/mol. The molecule has 0 aliphatic carbocycles. The summed E-state index contributed by atoms with van der Waals surface area (Å²) in [7, 11) is 0. The Morgan fingerprint density at radius 1 is 1.56 bits per heavy atom. The molecule has 1 unspecified atom stereocenters. The van der Waals surface area contributed by atoms with Crippen molar-refractivity contribution >= 4 is 29.7 Å². The number of halogens is 1. The maximum atomic E-state index is 12.4. The van der Waals surface area contributed by atoms with Gasteiger partial charge in [0, 0.05) is 19.1 Å². The Labute approximate surface area is 119 Å². The number of amides is 1. The number of nitrogens with two attached hydrogens (primary N) is 1. The number of nitrogens with zero attached hydrogens (tertiary/aromatic N) is 1. The molecule has 0 bridgehead atoms. The molecule has 1 amide bonds. The summed E-state index contributed by atoms with van der Waals surface area (Å²) in [6, 6.07) is 2.19. The molecule has 1 aromatic heterocycles. The highest BCUT2D eigenvalue weighted by molar-refractivity contribution is 7.12. The van der Waals surface area contributed by atoms with Gasteiger partial charge in [0.15, 0.2) is 0 Å². The zero-order valence-corrected chi connectivity index (χ0v) is 12.7. The van der Waals surface area contributed by atoms with Crippen molar-refractivity contribution in [1.29, 1.82) is 0 Å². The first-order chi connectivity index (χ1) is 7.92. The van der Waals surface area contributed by atoms with Crippen LogP contribution in [0.1, 0.15) is 35.5 Å². The Balaban J connectivity index is 0.00000162. The molecule has 1 aliphatic rings. The largest absolute Gasteiger partial charge is 0.337 e. The Kier molecular flexibility index (Phi) is 4.81. The van der Waals surface area contributed by atoms with Gasteiger partial charge in [0.25, 0.3) is 5.91 Å². The van der Waals surface area contributed by atoms with Crippen molar-refractivity contribution in [3.05, 3.63) is 21.9 Å². The highest BCUT2D eigenvalue weighted by Gasteiger charge is 2.35. The molecule has 3 nitrogen and oxygen atoms in total. The molecule has 18 heavy (non-hydrogen) atoms. The lowest BCUT2D eigenvalue weighted by Gasteiger charge is -2.42. The number of aryl methyl sites for hydroxylation is 1. The minimum Gasteiger partial charge on any atom is -0.337 e. The van der Waals surface area contributed by atoms with E-state index in [9.17, 15) is 4.79 Å². The van der Waals surface area contributed by atoms with Crippen LogP contribution in [0.4, 0.5) is 0 Å². The van der Waals surface area contributed by atoms with Crippen LogP contribution in [0.5, 0.6) is 0 Å². The first-order valence-corrected chi connectivity index (χ1v) is 6.89. The van der Waals surface area contributed by atoms with Gasteiger partial charge in [0.05, 0.1) is 4.88 Å². The van der Waals surface area contributed by atoms with Crippen LogP contribution in [-0.4, -0.2) is 29.9 Å². The molecule has 0 aromatic carbocycles. The molecule has 1 atom stereocenters. The average Bonchev–Trinajstić information content (AvgIpc) is 2.67. The van der Waals surface area contributed by atoms with E-state index in [-0.39, 0.29) is 29.8 Å². The van der Waals surface area contributed by atoms with Gasteiger partial charge >= 0.3 is 0 Å². The fourth-order valence-corrected chi connectivity index (χ4v) is 3.17. The zero-order chi connectivity index (χ0) is 12.6. The average molecular weight is 289 g/mol. The van der Waals surface area contributed by atoms with E-state index in [2.05, 4.69) is 13.8 Å². The van der Waals surface area contributed by atoms with Gasteiger partial charge in [-0.25, -0.2) is 0 Å². The van der Waals surface area contributed by atoms with E-state index in [1.807, 2.05) is 23.3 Å². The second-order valence-corrected chi connectivity index (χ2v) is 6.46. The molecule has 1 aliphatic heterocycles. The van der Waals surface area contributed by atoms with E-state index in [1.165, 1.54) is 11.3 Å². The number of hydrogen-bond donors (Lipinski definition) is 1. The van der Waals surface area contributed by atoms with Crippen molar-refractivity contribution < 1.29 is 4.79 Å². The van der Waals surface area contributed by atoms with E-state index in [4.69, 9.17) is 5.73 Å².